The Labute approximate surface area is 207 Å². The number of benzene rings is 4. The van der Waals surface area contributed by atoms with E-state index in [1.807, 2.05) is 54.6 Å². The first-order valence-electron chi connectivity index (χ1n) is 10.3. The summed E-state index contributed by atoms with van der Waals surface area (Å²) in [6, 6.07) is 27.1. The molecule has 8 nitrogen and oxygen atoms in total. The van der Waals surface area contributed by atoms with Gasteiger partial charge >= 0.3 is 0 Å². The van der Waals surface area contributed by atoms with Crippen molar-refractivity contribution in [3.8, 4) is 11.1 Å². The van der Waals surface area contributed by atoms with Crippen LogP contribution in [0.3, 0.4) is 0 Å². The summed E-state index contributed by atoms with van der Waals surface area (Å²) in [5, 5.41) is 16.1. The highest BCUT2D eigenvalue weighted by Gasteiger charge is 2.21. The number of nitro groups is 1. The number of nitrogens with one attached hydrogen (secondary N) is 2. The molecule has 0 atom stereocenters. The van der Waals surface area contributed by atoms with Crippen LogP contribution in [0.4, 0.5) is 17.1 Å². The fourth-order valence-electron chi connectivity index (χ4n) is 3.22. The van der Waals surface area contributed by atoms with E-state index in [4.69, 9.17) is 11.6 Å². The fourth-order valence-corrected chi connectivity index (χ4v) is 4.43. The van der Waals surface area contributed by atoms with Crippen molar-refractivity contribution in [2.24, 2.45) is 5.10 Å². The Morgan fingerprint density at radius 3 is 2.17 bits per heavy atom. The van der Waals surface area contributed by atoms with Gasteiger partial charge in [0.1, 0.15) is 5.69 Å². The number of hydrogen-bond donors (Lipinski definition) is 2. The van der Waals surface area contributed by atoms with Crippen LogP contribution in [0.15, 0.2) is 107 Å². The SMILES string of the molecule is O=[N+]([O-])c1cc(S(=O)(=O)Nc2ccc(Cl)cc2)ccc1N/N=C\c1ccc(-c2ccccc2)cc1. The zero-order valence-corrected chi connectivity index (χ0v) is 19.7. The quantitative estimate of drug-likeness (QED) is 0.169. The number of nitrogens with zero attached hydrogens (tertiary/aromatic N) is 2. The number of sulfonamides is 1. The van der Waals surface area contributed by atoms with Crippen molar-refractivity contribution in [1.82, 2.24) is 0 Å². The number of nitro benzene ring substituents is 1. The summed E-state index contributed by atoms with van der Waals surface area (Å²) in [4.78, 5) is 10.7. The number of hydrazone groups is 1. The average Bonchev–Trinajstić information content (AvgIpc) is 2.86. The van der Waals surface area contributed by atoms with Crippen LogP contribution in [0.2, 0.25) is 5.02 Å². The van der Waals surface area contributed by atoms with Crippen molar-refractivity contribution >= 4 is 44.9 Å². The van der Waals surface area contributed by atoms with E-state index < -0.39 is 20.6 Å². The van der Waals surface area contributed by atoms with Gasteiger partial charge in [-0.1, -0.05) is 66.2 Å². The molecule has 176 valence electrons. The Morgan fingerprint density at radius 2 is 1.51 bits per heavy atom. The molecule has 0 aliphatic heterocycles. The molecule has 0 fully saturated rings. The van der Waals surface area contributed by atoms with Gasteiger partial charge in [0.25, 0.3) is 15.7 Å². The van der Waals surface area contributed by atoms with E-state index in [0.717, 1.165) is 22.8 Å². The molecule has 4 rings (SSSR count). The van der Waals surface area contributed by atoms with Crippen LogP contribution < -0.4 is 10.1 Å². The number of hydrogen-bond acceptors (Lipinski definition) is 6. The van der Waals surface area contributed by atoms with Gasteiger partial charge in [-0.3, -0.25) is 20.3 Å². The zero-order valence-electron chi connectivity index (χ0n) is 18.1. The Hall–Kier alpha value is -4.21. The van der Waals surface area contributed by atoms with Crippen LogP contribution in [0.25, 0.3) is 11.1 Å². The molecule has 0 aliphatic rings. The number of rotatable bonds is 8. The van der Waals surface area contributed by atoms with Gasteiger partial charge in [-0.15, -0.1) is 0 Å². The van der Waals surface area contributed by atoms with Crippen LogP contribution in [-0.4, -0.2) is 19.6 Å². The van der Waals surface area contributed by atoms with Crippen LogP contribution in [-0.2, 0) is 10.0 Å². The van der Waals surface area contributed by atoms with Crippen molar-refractivity contribution < 1.29 is 13.3 Å². The topological polar surface area (TPSA) is 114 Å². The largest absolute Gasteiger partial charge is 0.295 e. The first kappa shape index (κ1) is 23.9. The lowest BCUT2D eigenvalue weighted by Crippen LogP contribution is -2.13. The van der Waals surface area contributed by atoms with Gasteiger partial charge < -0.3 is 0 Å². The van der Waals surface area contributed by atoms with E-state index in [9.17, 15) is 18.5 Å². The normalized spacial score (nSPS) is 11.3. The van der Waals surface area contributed by atoms with Gasteiger partial charge in [-0.2, -0.15) is 5.10 Å². The second-order valence-electron chi connectivity index (χ2n) is 7.41. The molecule has 4 aromatic rings. The highest BCUT2D eigenvalue weighted by Crippen LogP contribution is 2.29. The second kappa shape index (κ2) is 10.4. The Kier molecular flexibility index (Phi) is 7.09. The molecule has 0 aliphatic carbocycles. The van der Waals surface area contributed by atoms with E-state index in [1.165, 1.54) is 42.6 Å². The Morgan fingerprint density at radius 1 is 0.857 bits per heavy atom. The summed E-state index contributed by atoms with van der Waals surface area (Å²) in [6.45, 7) is 0. The van der Waals surface area contributed by atoms with Crippen molar-refractivity contribution in [3.05, 3.63) is 118 Å². The first-order chi connectivity index (χ1) is 16.8. The third kappa shape index (κ3) is 6.03. The van der Waals surface area contributed by atoms with Gasteiger partial charge in [0.15, 0.2) is 0 Å². The monoisotopic (exact) mass is 506 g/mol. The summed E-state index contributed by atoms with van der Waals surface area (Å²) < 4.78 is 27.7. The molecule has 0 radical (unpaired) electrons. The predicted octanol–water partition coefficient (Wildman–Crippen LogP) is 6.16. The minimum atomic E-state index is -4.05. The van der Waals surface area contributed by atoms with Crippen molar-refractivity contribution in [2.45, 2.75) is 4.90 Å². The molecule has 0 saturated heterocycles. The lowest BCUT2D eigenvalue weighted by Gasteiger charge is -2.09. The van der Waals surface area contributed by atoms with Crippen LogP contribution in [0.1, 0.15) is 5.56 Å². The number of anilines is 2. The van der Waals surface area contributed by atoms with Crippen LogP contribution in [0.5, 0.6) is 0 Å². The first-order valence-corrected chi connectivity index (χ1v) is 12.2. The van der Waals surface area contributed by atoms with Gasteiger partial charge in [-0.25, -0.2) is 8.42 Å². The van der Waals surface area contributed by atoms with Gasteiger partial charge in [0, 0.05) is 16.8 Å². The summed E-state index contributed by atoms with van der Waals surface area (Å²) in [7, 11) is -4.05. The van der Waals surface area contributed by atoms with Crippen molar-refractivity contribution in [3.63, 3.8) is 0 Å². The predicted molar refractivity (Wildman–Crippen MR) is 138 cm³/mol. The van der Waals surface area contributed by atoms with Crippen LogP contribution >= 0.6 is 11.6 Å². The van der Waals surface area contributed by atoms with Gasteiger partial charge in [0.05, 0.1) is 16.0 Å². The van der Waals surface area contributed by atoms with Gasteiger partial charge in [0.2, 0.25) is 0 Å². The molecule has 35 heavy (non-hydrogen) atoms. The van der Waals surface area contributed by atoms with Crippen molar-refractivity contribution in [2.75, 3.05) is 10.1 Å². The molecular formula is C25H19ClN4O4S. The molecule has 2 N–H and O–H groups in total. The smallest absolute Gasteiger partial charge is 0.280 e. The second-order valence-corrected chi connectivity index (χ2v) is 9.53. The van der Waals surface area contributed by atoms with Crippen molar-refractivity contribution in [1.29, 1.82) is 0 Å². The summed E-state index contributed by atoms with van der Waals surface area (Å²) in [5.41, 5.74) is 5.45. The maximum Gasteiger partial charge on any atom is 0.295 e. The number of halogens is 1. The molecule has 0 amide bonds. The molecule has 10 heteroatoms. The molecule has 0 bridgehead atoms. The van der Waals surface area contributed by atoms with E-state index in [2.05, 4.69) is 15.2 Å². The average molecular weight is 507 g/mol. The molecule has 0 unspecified atom stereocenters. The molecule has 0 aromatic heterocycles. The lowest BCUT2D eigenvalue weighted by molar-refractivity contribution is -0.384. The standard InChI is InChI=1S/C25H19ClN4O4S/c26-21-10-12-22(13-11-21)29-35(33,34)23-14-15-24(25(16-23)30(31)32)28-27-17-18-6-8-20(9-7-18)19-4-2-1-3-5-19/h1-17,28-29H/b27-17-. The molecule has 0 heterocycles. The Bertz CT molecular complexity index is 1470. The zero-order chi connectivity index (χ0) is 24.8. The van der Waals surface area contributed by atoms with Gasteiger partial charge in [-0.05, 0) is 53.1 Å². The maximum atomic E-state index is 12.7. The minimum Gasteiger partial charge on any atom is -0.280 e. The maximum absolute atomic E-state index is 12.7. The highest BCUT2D eigenvalue weighted by molar-refractivity contribution is 7.92. The Balaban J connectivity index is 1.49. The molecule has 0 spiro atoms. The molecular weight excluding hydrogens is 488 g/mol. The summed E-state index contributed by atoms with van der Waals surface area (Å²) >= 11 is 5.82. The third-order valence-electron chi connectivity index (χ3n) is 4.99. The fraction of sp³-hybridized carbons (Fsp3) is 0. The van der Waals surface area contributed by atoms with Crippen LogP contribution in [0, 0.1) is 10.1 Å². The molecule has 4 aromatic carbocycles. The summed E-state index contributed by atoms with van der Waals surface area (Å²) in [5.74, 6) is 0. The van der Waals surface area contributed by atoms with E-state index in [-0.39, 0.29) is 16.3 Å². The molecule has 0 saturated carbocycles. The lowest BCUT2D eigenvalue weighted by atomic mass is 10.0. The minimum absolute atomic E-state index is 0.0533. The van der Waals surface area contributed by atoms with E-state index in [1.54, 1.807) is 0 Å². The highest BCUT2D eigenvalue weighted by atomic mass is 35.5. The van der Waals surface area contributed by atoms with E-state index in [0.29, 0.717) is 5.02 Å². The third-order valence-corrected chi connectivity index (χ3v) is 6.62. The van der Waals surface area contributed by atoms with E-state index >= 15 is 0 Å². The summed E-state index contributed by atoms with van der Waals surface area (Å²) in [6.07, 6.45) is 1.52.